The molecule has 1 amide bonds. The van der Waals surface area contributed by atoms with E-state index in [1.807, 2.05) is 77.4 Å². The van der Waals surface area contributed by atoms with E-state index in [2.05, 4.69) is 15.5 Å². The zero-order valence-corrected chi connectivity index (χ0v) is 19.5. The number of ether oxygens (including phenoxy) is 1. The molecule has 0 saturated heterocycles. The second-order valence-corrected chi connectivity index (χ2v) is 8.40. The number of fused-ring (bicyclic) bond motifs is 1. The van der Waals surface area contributed by atoms with Crippen molar-refractivity contribution in [2.45, 2.75) is 5.16 Å². The van der Waals surface area contributed by atoms with E-state index in [4.69, 9.17) is 9.15 Å². The van der Waals surface area contributed by atoms with E-state index in [9.17, 15) is 10.1 Å². The largest absolute Gasteiger partial charge is 0.497 e. The third-order valence-corrected chi connectivity index (χ3v) is 6.22. The number of nitriles is 1. The SMILES string of the molecule is COc1ccc(-n2c(SCC(=O)Nc3c(C#N)oc4ccccc34)nnc2-c2ccccc2)cc1. The van der Waals surface area contributed by atoms with Crippen molar-refractivity contribution in [1.82, 2.24) is 14.8 Å². The number of carbonyl (C=O) groups excluding carboxylic acids is 1. The van der Waals surface area contributed by atoms with Crippen molar-refractivity contribution >= 4 is 34.3 Å². The van der Waals surface area contributed by atoms with Crippen molar-refractivity contribution in [2.24, 2.45) is 0 Å². The van der Waals surface area contributed by atoms with Gasteiger partial charge in [-0.05, 0) is 36.4 Å². The number of carbonyl (C=O) groups is 1. The molecule has 2 aromatic heterocycles. The summed E-state index contributed by atoms with van der Waals surface area (Å²) in [4.78, 5) is 12.8. The lowest BCUT2D eigenvalue weighted by molar-refractivity contribution is -0.113. The number of nitrogens with zero attached hydrogens (tertiary/aromatic N) is 4. The minimum Gasteiger partial charge on any atom is -0.497 e. The van der Waals surface area contributed by atoms with Gasteiger partial charge >= 0.3 is 0 Å². The zero-order chi connectivity index (χ0) is 24.2. The third kappa shape index (κ3) is 4.47. The van der Waals surface area contributed by atoms with Gasteiger partial charge in [0.1, 0.15) is 23.1 Å². The summed E-state index contributed by atoms with van der Waals surface area (Å²) in [5, 5.41) is 22.2. The highest BCUT2D eigenvalue weighted by atomic mass is 32.2. The van der Waals surface area contributed by atoms with Crippen LogP contribution in [0.5, 0.6) is 5.75 Å². The van der Waals surface area contributed by atoms with Gasteiger partial charge in [0.2, 0.25) is 11.7 Å². The third-order valence-electron chi connectivity index (χ3n) is 5.29. The first-order valence-electron chi connectivity index (χ1n) is 10.7. The van der Waals surface area contributed by atoms with Crippen LogP contribution >= 0.6 is 11.8 Å². The average Bonchev–Trinajstić information content (AvgIpc) is 3.49. The topological polar surface area (TPSA) is 106 Å². The number of thioether (sulfide) groups is 1. The predicted molar refractivity (Wildman–Crippen MR) is 134 cm³/mol. The Morgan fingerprint density at radius 2 is 1.80 bits per heavy atom. The molecule has 0 fully saturated rings. The Bertz CT molecular complexity index is 1540. The first-order valence-corrected chi connectivity index (χ1v) is 11.7. The molecule has 5 rings (SSSR count). The van der Waals surface area contributed by atoms with E-state index in [-0.39, 0.29) is 17.4 Å². The number of hydrogen-bond donors (Lipinski definition) is 1. The first-order chi connectivity index (χ1) is 17.2. The van der Waals surface area contributed by atoms with Crippen LogP contribution in [0.1, 0.15) is 5.76 Å². The van der Waals surface area contributed by atoms with Gasteiger partial charge in [-0.1, -0.05) is 54.2 Å². The number of amides is 1. The molecule has 35 heavy (non-hydrogen) atoms. The number of hydrogen-bond acceptors (Lipinski definition) is 7. The number of methoxy groups -OCH3 is 1. The molecule has 0 bridgehead atoms. The minimum absolute atomic E-state index is 0.0629. The molecule has 0 aliphatic carbocycles. The van der Waals surface area contributed by atoms with Crippen LogP contribution in [0.15, 0.2) is 88.4 Å². The van der Waals surface area contributed by atoms with Crippen molar-refractivity contribution in [3.63, 3.8) is 0 Å². The summed E-state index contributed by atoms with van der Waals surface area (Å²) in [5.41, 5.74) is 2.65. The molecular weight excluding hydrogens is 462 g/mol. The van der Waals surface area contributed by atoms with Crippen LogP contribution in [0.3, 0.4) is 0 Å². The van der Waals surface area contributed by atoms with Crippen molar-refractivity contribution in [2.75, 3.05) is 18.2 Å². The number of aromatic nitrogens is 3. The standard InChI is InChI=1S/C26H19N5O3S/c1-33-19-13-11-18(12-14-19)31-25(17-7-3-2-4-8-17)29-30-26(31)35-16-23(32)28-24-20-9-5-6-10-21(20)34-22(24)15-27/h2-14H,16H2,1H3,(H,28,32). The van der Waals surface area contributed by atoms with Crippen LogP contribution in [0.4, 0.5) is 5.69 Å². The molecular formula is C26H19N5O3S. The maximum Gasteiger partial charge on any atom is 0.234 e. The monoisotopic (exact) mass is 481 g/mol. The number of para-hydroxylation sites is 1. The summed E-state index contributed by atoms with van der Waals surface area (Å²) >= 11 is 1.25. The number of furan rings is 1. The van der Waals surface area contributed by atoms with Crippen LogP contribution in [0, 0.1) is 11.3 Å². The molecule has 1 N–H and O–H groups in total. The lowest BCUT2D eigenvalue weighted by Crippen LogP contribution is -2.15. The van der Waals surface area contributed by atoms with E-state index in [1.54, 1.807) is 19.2 Å². The molecule has 0 spiro atoms. The Labute approximate surface area is 205 Å². The molecule has 0 unspecified atom stereocenters. The molecule has 172 valence electrons. The normalized spacial score (nSPS) is 10.7. The molecule has 2 heterocycles. The highest BCUT2D eigenvalue weighted by Crippen LogP contribution is 2.32. The maximum atomic E-state index is 12.8. The van der Waals surface area contributed by atoms with Gasteiger partial charge in [-0.15, -0.1) is 10.2 Å². The van der Waals surface area contributed by atoms with E-state index >= 15 is 0 Å². The van der Waals surface area contributed by atoms with Gasteiger partial charge in [-0.25, -0.2) is 0 Å². The Hall–Kier alpha value is -4.55. The fourth-order valence-corrected chi connectivity index (χ4v) is 4.41. The van der Waals surface area contributed by atoms with Gasteiger partial charge in [0.25, 0.3) is 0 Å². The molecule has 0 radical (unpaired) electrons. The van der Waals surface area contributed by atoms with Gasteiger partial charge in [0, 0.05) is 16.6 Å². The highest BCUT2D eigenvalue weighted by Gasteiger charge is 2.19. The van der Waals surface area contributed by atoms with Crippen molar-refractivity contribution in [3.8, 4) is 28.9 Å². The molecule has 0 aliphatic heterocycles. The molecule has 0 saturated carbocycles. The van der Waals surface area contributed by atoms with Crippen LogP contribution in [-0.4, -0.2) is 33.5 Å². The Balaban J connectivity index is 1.42. The van der Waals surface area contributed by atoms with E-state index in [0.29, 0.717) is 27.6 Å². The van der Waals surface area contributed by atoms with Crippen LogP contribution in [-0.2, 0) is 4.79 Å². The van der Waals surface area contributed by atoms with Crippen LogP contribution < -0.4 is 10.1 Å². The average molecular weight is 482 g/mol. The van der Waals surface area contributed by atoms with E-state index < -0.39 is 0 Å². The molecule has 0 aliphatic rings. The first kappa shape index (κ1) is 22.3. The zero-order valence-electron chi connectivity index (χ0n) is 18.6. The Kier molecular flexibility index (Phi) is 6.20. The van der Waals surface area contributed by atoms with Gasteiger partial charge < -0.3 is 14.5 Å². The number of benzene rings is 3. The molecule has 8 nitrogen and oxygen atoms in total. The Morgan fingerprint density at radius 1 is 1.06 bits per heavy atom. The summed E-state index contributed by atoms with van der Waals surface area (Å²) < 4.78 is 12.7. The predicted octanol–water partition coefficient (Wildman–Crippen LogP) is 5.29. The fraction of sp³-hybridized carbons (Fsp3) is 0.0769. The highest BCUT2D eigenvalue weighted by molar-refractivity contribution is 7.99. The summed E-state index contributed by atoms with van der Waals surface area (Å²) in [6.07, 6.45) is 0. The number of nitrogens with one attached hydrogen (secondary N) is 1. The van der Waals surface area contributed by atoms with Crippen LogP contribution in [0.25, 0.3) is 28.0 Å². The van der Waals surface area contributed by atoms with E-state index in [0.717, 1.165) is 17.0 Å². The smallest absolute Gasteiger partial charge is 0.234 e. The quantitative estimate of drug-likeness (QED) is 0.315. The van der Waals surface area contributed by atoms with Gasteiger partial charge in [-0.2, -0.15) is 5.26 Å². The summed E-state index contributed by atoms with van der Waals surface area (Å²) in [6.45, 7) is 0. The van der Waals surface area contributed by atoms with Crippen LogP contribution in [0.2, 0.25) is 0 Å². The van der Waals surface area contributed by atoms with Crippen molar-refractivity contribution < 1.29 is 13.9 Å². The summed E-state index contributed by atoms with van der Waals surface area (Å²) in [5.74, 6) is 1.23. The van der Waals surface area contributed by atoms with Gasteiger partial charge in [0.15, 0.2) is 11.0 Å². The van der Waals surface area contributed by atoms with Gasteiger partial charge in [-0.3, -0.25) is 9.36 Å². The molecule has 0 atom stereocenters. The lowest BCUT2D eigenvalue weighted by atomic mass is 10.2. The molecule has 5 aromatic rings. The fourth-order valence-electron chi connectivity index (χ4n) is 3.66. The van der Waals surface area contributed by atoms with Gasteiger partial charge in [0.05, 0.1) is 12.9 Å². The summed E-state index contributed by atoms with van der Waals surface area (Å²) in [7, 11) is 1.62. The second-order valence-electron chi connectivity index (χ2n) is 7.46. The van der Waals surface area contributed by atoms with Crippen molar-refractivity contribution in [1.29, 1.82) is 5.26 Å². The molecule has 9 heteroatoms. The number of rotatable bonds is 7. The minimum atomic E-state index is -0.288. The number of anilines is 1. The lowest BCUT2D eigenvalue weighted by Gasteiger charge is -2.11. The second kappa shape index (κ2) is 9.75. The summed E-state index contributed by atoms with van der Waals surface area (Å²) in [6, 6.07) is 26.5. The molecule has 3 aromatic carbocycles. The maximum absolute atomic E-state index is 12.8. The van der Waals surface area contributed by atoms with Crippen molar-refractivity contribution in [3.05, 3.63) is 84.6 Å². The van der Waals surface area contributed by atoms with E-state index in [1.165, 1.54) is 11.8 Å². The Morgan fingerprint density at radius 3 is 2.54 bits per heavy atom.